The molecule has 0 bridgehead atoms. The van der Waals surface area contributed by atoms with Gasteiger partial charge in [0.05, 0.1) is 6.17 Å². The third kappa shape index (κ3) is 9.31. The normalized spacial score (nSPS) is 13.9. The molecular formula is C23H37N3O4. The minimum absolute atomic E-state index is 0.0190. The number of rotatable bonds is 10. The van der Waals surface area contributed by atoms with Gasteiger partial charge < -0.3 is 20.1 Å². The van der Waals surface area contributed by atoms with Crippen molar-refractivity contribution in [2.45, 2.75) is 65.5 Å². The first-order chi connectivity index (χ1) is 14.0. The Balaban J connectivity index is 2.92. The van der Waals surface area contributed by atoms with Crippen LogP contribution in [0.1, 0.15) is 46.6 Å². The first kappa shape index (κ1) is 25.5. The van der Waals surface area contributed by atoms with Crippen LogP contribution in [0, 0.1) is 5.92 Å². The van der Waals surface area contributed by atoms with Gasteiger partial charge >= 0.3 is 12.1 Å². The van der Waals surface area contributed by atoms with E-state index in [1.807, 2.05) is 83.0 Å². The van der Waals surface area contributed by atoms with Gasteiger partial charge in [-0.15, -0.1) is 0 Å². The van der Waals surface area contributed by atoms with Crippen LogP contribution < -0.4 is 10.6 Å². The molecule has 7 heteroatoms. The van der Waals surface area contributed by atoms with Crippen LogP contribution in [0.2, 0.25) is 0 Å². The second-order valence-electron chi connectivity index (χ2n) is 8.54. The minimum Gasteiger partial charge on any atom is -0.460 e. The molecule has 7 nitrogen and oxygen atoms in total. The summed E-state index contributed by atoms with van der Waals surface area (Å²) in [6.07, 6.45) is 3.20. The van der Waals surface area contributed by atoms with Gasteiger partial charge in [0.2, 0.25) is 0 Å². The van der Waals surface area contributed by atoms with Crippen LogP contribution in [0.4, 0.5) is 4.79 Å². The van der Waals surface area contributed by atoms with Crippen molar-refractivity contribution >= 4 is 12.1 Å². The number of amides is 1. The molecule has 1 amide bonds. The number of ether oxygens (including phenoxy) is 2. The second-order valence-corrected chi connectivity index (χ2v) is 8.54. The fraction of sp³-hybridized carbons (Fsp3) is 0.565. The van der Waals surface area contributed by atoms with E-state index in [-0.39, 0.29) is 18.5 Å². The van der Waals surface area contributed by atoms with Crippen LogP contribution >= 0.6 is 0 Å². The summed E-state index contributed by atoms with van der Waals surface area (Å²) in [5.74, 6) is -0.348. The standard InChI is InChI=1S/C23H37N3O4/c1-17(2)20(21(27)29-16-18-12-9-8-10-13-18)26(7)19(14-11-15-24-6)25-22(28)30-23(3,4)5/h8-13,15,17,19-20,24H,14,16H2,1-7H3,(H,25,28)/b15-11-/t19?,20-/m0/s1. The molecule has 0 fully saturated rings. The quantitative estimate of drug-likeness (QED) is 0.445. The monoisotopic (exact) mass is 419 g/mol. The zero-order valence-electron chi connectivity index (χ0n) is 19.3. The smallest absolute Gasteiger partial charge is 0.408 e. The first-order valence-electron chi connectivity index (χ1n) is 10.3. The van der Waals surface area contributed by atoms with E-state index >= 15 is 0 Å². The van der Waals surface area contributed by atoms with Gasteiger partial charge in [-0.05, 0) is 45.5 Å². The Morgan fingerprint density at radius 1 is 1.17 bits per heavy atom. The summed E-state index contributed by atoms with van der Waals surface area (Å²) in [5, 5.41) is 5.81. The largest absolute Gasteiger partial charge is 0.460 e. The van der Waals surface area contributed by atoms with E-state index in [1.165, 1.54) is 0 Å². The molecule has 0 saturated heterocycles. The van der Waals surface area contributed by atoms with Crippen LogP contribution in [-0.2, 0) is 20.9 Å². The van der Waals surface area contributed by atoms with E-state index in [0.717, 1.165) is 5.56 Å². The predicted octanol–water partition coefficient (Wildman–Crippen LogP) is 3.66. The SMILES string of the molecule is CN/C=C\CC(NC(=O)OC(C)(C)C)N(C)[C@H](C(=O)OCc1ccccc1)C(C)C. The molecule has 1 unspecified atom stereocenters. The van der Waals surface area contributed by atoms with Crippen LogP contribution in [0.5, 0.6) is 0 Å². The lowest BCUT2D eigenvalue weighted by atomic mass is 10.0. The molecule has 2 atom stereocenters. The Morgan fingerprint density at radius 3 is 2.33 bits per heavy atom. The van der Waals surface area contributed by atoms with E-state index in [0.29, 0.717) is 6.42 Å². The number of esters is 1. The van der Waals surface area contributed by atoms with Gasteiger partial charge in [-0.25, -0.2) is 4.79 Å². The maximum atomic E-state index is 12.9. The molecule has 0 aliphatic carbocycles. The molecule has 0 saturated carbocycles. The van der Waals surface area contributed by atoms with Crippen LogP contribution in [0.15, 0.2) is 42.6 Å². The van der Waals surface area contributed by atoms with Crippen molar-refractivity contribution in [1.82, 2.24) is 15.5 Å². The molecule has 168 valence electrons. The number of hydrogen-bond donors (Lipinski definition) is 2. The molecule has 1 rings (SSSR count). The van der Waals surface area contributed by atoms with E-state index in [2.05, 4.69) is 10.6 Å². The van der Waals surface area contributed by atoms with Gasteiger partial charge in [-0.3, -0.25) is 9.69 Å². The van der Waals surface area contributed by atoms with Gasteiger partial charge in [-0.1, -0.05) is 50.3 Å². The molecule has 0 aliphatic rings. The van der Waals surface area contributed by atoms with Crippen molar-refractivity contribution in [1.29, 1.82) is 0 Å². The number of carbonyl (C=O) groups excluding carboxylic acids is 2. The Kier molecular flexibility index (Phi) is 10.4. The van der Waals surface area contributed by atoms with Crippen molar-refractivity contribution < 1.29 is 19.1 Å². The van der Waals surface area contributed by atoms with Crippen LogP contribution in [-0.4, -0.2) is 48.9 Å². The van der Waals surface area contributed by atoms with E-state index in [9.17, 15) is 9.59 Å². The number of alkyl carbamates (subject to hydrolysis) is 1. The number of hydrogen-bond acceptors (Lipinski definition) is 6. The number of likely N-dealkylation sites (N-methyl/N-ethyl adjacent to an activating group) is 1. The van der Waals surface area contributed by atoms with Gasteiger partial charge in [-0.2, -0.15) is 0 Å². The fourth-order valence-electron chi connectivity index (χ4n) is 3.00. The average molecular weight is 420 g/mol. The summed E-state index contributed by atoms with van der Waals surface area (Å²) in [4.78, 5) is 27.1. The molecule has 0 heterocycles. The maximum absolute atomic E-state index is 12.9. The molecule has 0 aliphatic heterocycles. The molecule has 0 aromatic heterocycles. The van der Waals surface area contributed by atoms with Crippen LogP contribution in [0.3, 0.4) is 0 Å². The van der Waals surface area contributed by atoms with E-state index in [4.69, 9.17) is 9.47 Å². The van der Waals surface area contributed by atoms with Crippen molar-refractivity contribution in [3.05, 3.63) is 48.2 Å². The second kappa shape index (κ2) is 12.2. The highest BCUT2D eigenvalue weighted by molar-refractivity contribution is 5.76. The number of nitrogens with one attached hydrogen (secondary N) is 2. The van der Waals surface area contributed by atoms with Crippen molar-refractivity contribution in [3.63, 3.8) is 0 Å². The number of carbonyl (C=O) groups is 2. The topological polar surface area (TPSA) is 79.9 Å². The highest BCUT2D eigenvalue weighted by atomic mass is 16.6. The highest BCUT2D eigenvalue weighted by Gasteiger charge is 2.33. The summed E-state index contributed by atoms with van der Waals surface area (Å²) in [6.45, 7) is 9.55. The lowest BCUT2D eigenvalue weighted by Crippen LogP contribution is -2.55. The Labute approximate surface area is 180 Å². The van der Waals surface area contributed by atoms with Crippen molar-refractivity contribution in [3.8, 4) is 0 Å². The third-order valence-electron chi connectivity index (χ3n) is 4.35. The lowest BCUT2D eigenvalue weighted by molar-refractivity contribution is -0.154. The molecule has 0 radical (unpaired) electrons. The fourth-order valence-corrected chi connectivity index (χ4v) is 3.00. The molecular weight excluding hydrogens is 382 g/mol. The average Bonchev–Trinajstić information content (AvgIpc) is 2.65. The molecule has 0 spiro atoms. The zero-order chi connectivity index (χ0) is 22.7. The molecule has 2 N–H and O–H groups in total. The minimum atomic E-state index is -0.611. The summed E-state index contributed by atoms with van der Waals surface area (Å²) >= 11 is 0. The van der Waals surface area contributed by atoms with Crippen molar-refractivity contribution in [2.75, 3.05) is 14.1 Å². The van der Waals surface area contributed by atoms with Gasteiger partial charge in [0.15, 0.2) is 0 Å². The summed E-state index contributed by atoms with van der Waals surface area (Å²) in [7, 11) is 3.61. The summed E-state index contributed by atoms with van der Waals surface area (Å²) < 4.78 is 11.0. The van der Waals surface area contributed by atoms with Crippen LogP contribution in [0.25, 0.3) is 0 Å². The van der Waals surface area contributed by atoms with Crippen molar-refractivity contribution in [2.24, 2.45) is 5.92 Å². The van der Waals surface area contributed by atoms with Gasteiger partial charge in [0, 0.05) is 13.5 Å². The molecule has 1 aromatic carbocycles. The Bertz CT molecular complexity index is 683. The highest BCUT2D eigenvalue weighted by Crippen LogP contribution is 2.17. The first-order valence-corrected chi connectivity index (χ1v) is 10.3. The number of nitrogens with zero attached hydrogens (tertiary/aromatic N) is 1. The number of benzene rings is 1. The van der Waals surface area contributed by atoms with E-state index < -0.39 is 23.9 Å². The molecule has 1 aromatic rings. The third-order valence-corrected chi connectivity index (χ3v) is 4.35. The summed E-state index contributed by atoms with van der Waals surface area (Å²) in [5.41, 5.74) is 0.316. The predicted molar refractivity (Wildman–Crippen MR) is 119 cm³/mol. The molecule has 30 heavy (non-hydrogen) atoms. The maximum Gasteiger partial charge on any atom is 0.408 e. The van der Waals surface area contributed by atoms with Gasteiger partial charge in [0.25, 0.3) is 0 Å². The zero-order valence-corrected chi connectivity index (χ0v) is 19.3. The Hall–Kier alpha value is -2.54. The Morgan fingerprint density at radius 2 is 1.80 bits per heavy atom. The lowest BCUT2D eigenvalue weighted by Gasteiger charge is -2.36. The van der Waals surface area contributed by atoms with Gasteiger partial charge in [0.1, 0.15) is 18.2 Å². The summed E-state index contributed by atoms with van der Waals surface area (Å²) in [6, 6.07) is 9.03. The van der Waals surface area contributed by atoms with E-state index in [1.54, 1.807) is 13.2 Å².